The highest BCUT2D eigenvalue weighted by molar-refractivity contribution is 7.15. The minimum Gasteiger partial charge on any atom is -0.373 e. The number of hydrogen-bond donors (Lipinski definition) is 1. The van der Waals surface area contributed by atoms with Gasteiger partial charge in [0.25, 0.3) is 0 Å². The third-order valence-electron chi connectivity index (χ3n) is 2.52. The van der Waals surface area contributed by atoms with Gasteiger partial charge >= 0.3 is 6.03 Å². The van der Waals surface area contributed by atoms with Crippen LogP contribution in [0.2, 0.25) is 0 Å². The van der Waals surface area contributed by atoms with Crippen LogP contribution in [0.25, 0.3) is 0 Å². The van der Waals surface area contributed by atoms with Crippen LogP contribution in [0.4, 0.5) is 9.93 Å². The van der Waals surface area contributed by atoms with Crippen LogP contribution in [0.1, 0.15) is 11.4 Å². The second-order valence-corrected chi connectivity index (χ2v) is 5.18. The van der Waals surface area contributed by atoms with Crippen molar-refractivity contribution in [3.63, 3.8) is 0 Å². The van der Waals surface area contributed by atoms with E-state index < -0.39 is 6.23 Å². The van der Waals surface area contributed by atoms with Crippen molar-refractivity contribution in [2.45, 2.75) is 19.1 Å². The summed E-state index contributed by atoms with van der Waals surface area (Å²) in [5.74, 6) is 0.463. The number of alkyl halides is 1. The summed E-state index contributed by atoms with van der Waals surface area (Å²) in [5, 5.41) is 18.9. The smallest absolute Gasteiger partial charge is 0.328 e. The monoisotopic (exact) mass is 276 g/mol. The van der Waals surface area contributed by atoms with Crippen molar-refractivity contribution < 1.29 is 9.90 Å². The number of urea groups is 1. The van der Waals surface area contributed by atoms with Crippen molar-refractivity contribution in [2.75, 3.05) is 24.4 Å². The van der Waals surface area contributed by atoms with E-state index in [4.69, 9.17) is 11.6 Å². The zero-order chi connectivity index (χ0) is 12.4. The first-order valence-electron chi connectivity index (χ1n) is 5.24. The van der Waals surface area contributed by atoms with Gasteiger partial charge in [-0.3, -0.25) is 0 Å². The van der Waals surface area contributed by atoms with Crippen molar-refractivity contribution >= 4 is 34.1 Å². The van der Waals surface area contributed by atoms with Gasteiger partial charge in [-0.05, 0) is 0 Å². The SMILES string of the molecule is CN1CCC(O)N(c2nnc(CCCl)s2)C1=O. The highest BCUT2D eigenvalue weighted by Gasteiger charge is 2.33. The first-order valence-corrected chi connectivity index (χ1v) is 6.59. The Morgan fingerprint density at radius 1 is 1.59 bits per heavy atom. The number of carbonyl (C=O) groups excluding carboxylic acids is 1. The lowest BCUT2D eigenvalue weighted by atomic mass is 10.3. The van der Waals surface area contributed by atoms with E-state index in [9.17, 15) is 9.90 Å². The first kappa shape index (κ1) is 12.5. The molecule has 17 heavy (non-hydrogen) atoms. The molecule has 1 aliphatic rings. The maximum absolute atomic E-state index is 11.9. The molecule has 0 bridgehead atoms. The van der Waals surface area contributed by atoms with Gasteiger partial charge < -0.3 is 10.0 Å². The van der Waals surface area contributed by atoms with Crippen molar-refractivity contribution in [1.82, 2.24) is 15.1 Å². The summed E-state index contributed by atoms with van der Waals surface area (Å²) in [6, 6.07) is -0.252. The number of aliphatic hydroxyl groups excluding tert-OH is 1. The van der Waals surface area contributed by atoms with Gasteiger partial charge in [-0.25, -0.2) is 9.69 Å². The number of aromatic nitrogens is 2. The number of aryl methyl sites for hydroxylation is 1. The summed E-state index contributed by atoms with van der Waals surface area (Å²) < 4.78 is 0. The van der Waals surface area contributed by atoms with Crippen LogP contribution in [0, 0.1) is 0 Å². The lowest BCUT2D eigenvalue weighted by Crippen LogP contribution is -2.53. The number of anilines is 1. The van der Waals surface area contributed by atoms with Crippen LogP contribution in [0.3, 0.4) is 0 Å². The molecule has 2 amide bonds. The quantitative estimate of drug-likeness (QED) is 0.833. The fraction of sp³-hybridized carbons (Fsp3) is 0.667. The van der Waals surface area contributed by atoms with Gasteiger partial charge in [-0.1, -0.05) is 11.3 Å². The predicted molar refractivity (Wildman–Crippen MR) is 65.5 cm³/mol. The summed E-state index contributed by atoms with van der Waals surface area (Å²) in [5.41, 5.74) is 0. The highest BCUT2D eigenvalue weighted by Crippen LogP contribution is 2.26. The van der Waals surface area contributed by atoms with Crippen LogP contribution in [0.5, 0.6) is 0 Å². The molecule has 0 spiro atoms. The molecule has 94 valence electrons. The molecular formula is C9H13ClN4O2S. The number of nitrogens with zero attached hydrogens (tertiary/aromatic N) is 4. The summed E-state index contributed by atoms with van der Waals surface area (Å²) in [4.78, 5) is 14.7. The molecule has 1 saturated heterocycles. The summed E-state index contributed by atoms with van der Waals surface area (Å²) >= 11 is 6.90. The van der Waals surface area contributed by atoms with E-state index in [1.165, 1.54) is 16.2 Å². The summed E-state index contributed by atoms with van der Waals surface area (Å²) in [6.45, 7) is 0.545. The van der Waals surface area contributed by atoms with Crippen LogP contribution >= 0.6 is 22.9 Å². The Balaban J connectivity index is 2.20. The van der Waals surface area contributed by atoms with Gasteiger partial charge in [0.1, 0.15) is 11.2 Å². The Bertz CT molecular complexity index is 413. The number of rotatable bonds is 3. The number of carbonyl (C=O) groups is 1. The van der Waals surface area contributed by atoms with Crippen LogP contribution in [-0.2, 0) is 6.42 Å². The van der Waals surface area contributed by atoms with Gasteiger partial charge in [-0.15, -0.1) is 21.8 Å². The van der Waals surface area contributed by atoms with E-state index in [-0.39, 0.29) is 6.03 Å². The predicted octanol–water partition coefficient (Wildman–Crippen LogP) is 0.900. The second kappa shape index (κ2) is 5.16. The summed E-state index contributed by atoms with van der Waals surface area (Å²) in [6.07, 6.45) is 0.301. The van der Waals surface area contributed by atoms with Gasteiger partial charge in [0.15, 0.2) is 0 Å². The van der Waals surface area contributed by atoms with Crippen molar-refractivity contribution in [1.29, 1.82) is 0 Å². The number of amides is 2. The molecular weight excluding hydrogens is 264 g/mol. The molecule has 1 aromatic rings. The topological polar surface area (TPSA) is 69.6 Å². The highest BCUT2D eigenvalue weighted by atomic mass is 35.5. The molecule has 1 fully saturated rings. The molecule has 0 radical (unpaired) electrons. The molecule has 6 nitrogen and oxygen atoms in total. The fourth-order valence-electron chi connectivity index (χ4n) is 1.58. The van der Waals surface area contributed by atoms with Gasteiger partial charge in [0.05, 0.1) is 0 Å². The number of halogens is 1. The molecule has 2 rings (SSSR count). The molecule has 1 N–H and O–H groups in total. The summed E-state index contributed by atoms with van der Waals surface area (Å²) in [7, 11) is 1.70. The lowest BCUT2D eigenvalue weighted by Gasteiger charge is -2.35. The molecule has 0 saturated carbocycles. The molecule has 2 heterocycles. The Hall–Kier alpha value is -0.920. The normalized spacial score (nSPS) is 21.1. The minimum absolute atomic E-state index is 0.252. The maximum atomic E-state index is 11.9. The molecule has 8 heteroatoms. The maximum Gasteiger partial charge on any atom is 0.328 e. The Labute approximate surface area is 108 Å². The number of hydrogen-bond acceptors (Lipinski definition) is 5. The standard InChI is InChI=1S/C9H13ClN4O2S/c1-13-5-3-7(15)14(9(13)16)8-12-11-6(17-8)2-4-10/h7,15H,2-5H2,1H3. The van der Waals surface area contributed by atoms with Gasteiger partial charge in [0, 0.05) is 32.3 Å². The van der Waals surface area contributed by atoms with Crippen LogP contribution in [0.15, 0.2) is 0 Å². The third-order valence-corrected chi connectivity index (χ3v) is 3.70. The lowest BCUT2D eigenvalue weighted by molar-refractivity contribution is 0.116. The van der Waals surface area contributed by atoms with Crippen molar-refractivity contribution in [2.24, 2.45) is 0 Å². The van der Waals surface area contributed by atoms with E-state index in [1.807, 2.05) is 0 Å². The fourth-order valence-corrected chi connectivity index (χ4v) is 2.75. The molecule has 1 unspecified atom stereocenters. The average Bonchev–Trinajstić information content (AvgIpc) is 2.73. The van der Waals surface area contributed by atoms with Crippen molar-refractivity contribution in [3.8, 4) is 0 Å². The zero-order valence-electron chi connectivity index (χ0n) is 9.34. The second-order valence-electron chi connectivity index (χ2n) is 3.76. The Morgan fingerprint density at radius 3 is 3.06 bits per heavy atom. The first-order chi connectivity index (χ1) is 8.13. The molecule has 1 atom stereocenters. The van der Waals surface area contributed by atoms with E-state index in [1.54, 1.807) is 11.9 Å². The van der Waals surface area contributed by atoms with Gasteiger partial charge in [-0.2, -0.15) is 0 Å². The average molecular weight is 277 g/mol. The molecule has 0 aliphatic carbocycles. The molecule has 1 aliphatic heterocycles. The minimum atomic E-state index is -0.824. The molecule has 1 aromatic heterocycles. The van der Waals surface area contributed by atoms with Gasteiger partial charge in [0.2, 0.25) is 5.13 Å². The zero-order valence-corrected chi connectivity index (χ0v) is 10.9. The Kier molecular flexibility index (Phi) is 3.80. The van der Waals surface area contributed by atoms with Crippen molar-refractivity contribution in [3.05, 3.63) is 5.01 Å². The number of aliphatic hydroxyl groups is 1. The third kappa shape index (κ3) is 2.51. The van der Waals surface area contributed by atoms with E-state index in [0.29, 0.717) is 30.4 Å². The van der Waals surface area contributed by atoms with Crippen LogP contribution < -0.4 is 4.90 Å². The van der Waals surface area contributed by atoms with E-state index >= 15 is 0 Å². The molecule has 0 aromatic carbocycles. The van der Waals surface area contributed by atoms with E-state index in [0.717, 1.165) is 5.01 Å². The van der Waals surface area contributed by atoms with E-state index in [2.05, 4.69) is 10.2 Å². The Morgan fingerprint density at radius 2 is 2.35 bits per heavy atom. The van der Waals surface area contributed by atoms with Crippen LogP contribution in [-0.4, -0.2) is 51.9 Å². The largest absolute Gasteiger partial charge is 0.373 e.